The summed E-state index contributed by atoms with van der Waals surface area (Å²) in [5.74, 6) is 0.506. The minimum atomic E-state index is -4.42. The minimum absolute atomic E-state index is 0.0338. The third-order valence-electron chi connectivity index (χ3n) is 3.02. The standard InChI is InChI=1S/C14H12N2O7S/c17-14(12-8-21-10-3-1-2-4-11(10)23-12)16-15-7-9-5-6-13(22-9)24(18,19)20/h1-7,12H,8H2,(H,16,17)(H,18,19,20)/b15-7+/t12-/m1/s1. The van der Waals surface area contributed by atoms with Crippen molar-refractivity contribution in [3.8, 4) is 11.5 Å². The van der Waals surface area contributed by atoms with Crippen LogP contribution in [0, 0.1) is 0 Å². The van der Waals surface area contributed by atoms with E-state index >= 15 is 0 Å². The molecule has 3 rings (SSSR count). The van der Waals surface area contributed by atoms with Gasteiger partial charge in [0.1, 0.15) is 12.4 Å². The molecular formula is C14H12N2O7S. The normalized spacial score (nSPS) is 17.0. The van der Waals surface area contributed by atoms with Gasteiger partial charge in [-0.05, 0) is 24.3 Å². The zero-order valence-electron chi connectivity index (χ0n) is 12.1. The molecule has 126 valence electrons. The Kier molecular flexibility index (Phi) is 4.23. The predicted octanol–water partition coefficient (Wildman–Crippen LogP) is 0.816. The summed E-state index contributed by atoms with van der Waals surface area (Å²) in [5.41, 5.74) is 2.23. The summed E-state index contributed by atoms with van der Waals surface area (Å²) in [4.78, 5) is 12.0. The van der Waals surface area contributed by atoms with Crippen molar-refractivity contribution < 1.29 is 31.7 Å². The number of hydrogen-bond acceptors (Lipinski definition) is 7. The van der Waals surface area contributed by atoms with E-state index in [-0.39, 0.29) is 12.4 Å². The lowest BCUT2D eigenvalue weighted by Crippen LogP contribution is -2.42. The smallest absolute Gasteiger partial charge is 0.328 e. The third kappa shape index (κ3) is 3.55. The summed E-state index contributed by atoms with van der Waals surface area (Å²) in [6.45, 7) is 0.0338. The number of furan rings is 1. The number of hydrazone groups is 1. The second-order valence-corrected chi connectivity index (χ2v) is 6.08. The molecule has 0 spiro atoms. The van der Waals surface area contributed by atoms with Gasteiger partial charge in [0.05, 0.1) is 6.21 Å². The molecule has 1 aliphatic rings. The van der Waals surface area contributed by atoms with Crippen LogP contribution in [0.2, 0.25) is 0 Å². The van der Waals surface area contributed by atoms with Gasteiger partial charge >= 0.3 is 10.1 Å². The van der Waals surface area contributed by atoms with Gasteiger partial charge in [0.2, 0.25) is 11.2 Å². The molecule has 2 aromatic rings. The lowest BCUT2D eigenvalue weighted by molar-refractivity contribution is -0.130. The average Bonchev–Trinajstić information content (AvgIpc) is 3.03. The molecule has 10 heteroatoms. The second kappa shape index (κ2) is 6.34. The van der Waals surface area contributed by atoms with Gasteiger partial charge in [-0.3, -0.25) is 9.35 Å². The number of amides is 1. The van der Waals surface area contributed by atoms with Crippen LogP contribution in [-0.2, 0) is 14.9 Å². The highest BCUT2D eigenvalue weighted by molar-refractivity contribution is 7.85. The molecule has 1 aromatic heterocycles. The van der Waals surface area contributed by atoms with E-state index in [9.17, 15) is 13.2 Å². The first kappa shape index (κ1) is 16.0. The minimum Gasteiger partial charge on any atom is -0.485 e. The van der Waals surface area contributed by atoms with Crippen molar-refractivity contribution in [2.24, 2.45) is 5.10 Å². The number of para-hydroxylation sites is 2. The summed E-state index contributed by atoms with van der Waals surface area (Å²) in [6, 6.07) is 9.28. The quantitative estimate of drug-likeness (QED) is 0.473. The first-order valence-electron chi connectivity index (χ1n) is 6.72. The summed E-state index contributed by atoms with van der Waals surface area (Å²) in [6.07, 6.45) is 0.214. The van der Waals surface area contributed by atoms with Gasteiger partial charge in [0.25, 0.3) is 5.91 Å². The number of carbonyl (C=O) groups is 1. The Labute approximate surface area is 136 Å². The largest absolute Gasteiger partial charge is 0.485 e. The fourth-order valence-electron chi connectivity index (χ4n) is 1.92. The number of nitrogens with one attached hydrogen (secondary N) is 1. The van der Waals surface area contributed by atoms with Gasteiger partial charge in [-0.1, -0.05) is 12.1 Å². The highest BCUT2D eigenvalue weighted by atomic mass is 32.2. The highest BCUT2D eigenvalue weighted by Gasteiger charge is 2.27. The van der Waals surface area contributed by atoms with Gasteiger partial charge in [-0.2, -0.15) is 13.5 Å². The van der Waals surface area contributed by atoms with E-state index in [0.717, 1.165) is 12.3 Å². The molecule has 0 radical (unpaired) electrons. The maximum atomic E-state index is 12.0. The SMILES string of the molecule is O=C(N/N=C/c1ccc(S(=O)(=O)O)o1)[C@H]1COc2ccccc2O1. The van der Waals surface area contributed by atoms with Crippen molar-refractivity contribution in [3.05, 3.63) is 42.2 Å². The average molecular weight is 352 g/mol. The molecule has 2 heterocycles. The van der Waals surface area contributed by atoms with Crippen LogP contribution in [0.15, 0.2) is 51.0 Å². The van der Waals surface area contributed by atoms with Crippen LogP contribution in [0.1, 0.15) is 5.76 Å². The van der Waals surface area contributed by atoms with E-state index in [1.807, 2.05) is 0 Å². The lowest BCUT2D eigenvalue weighted by Gasteiger charge is -2.24. The Bertz CT molecular complexity index is 888. The number of rotatable bonds is 4. The molecule has 0 bridgehead atoms. The molecule has 1 aliphatic heterocycles. The number of fused-ring (bicyclic) bond motifs is 1. The molecule has 24 heavy (non-hydrogen) atoms. The number of benzene rings is 1. The van der Waals surface area contributed by atoms with Crippen LogP contribution in [0.3, 0.4) is 0 Å². The molecule has 0 unspecified atom stereocenters. The summed E-state index contributed by atoms with van der Waals surface area (Å²) in [5, 5.41) is 3.02. The number of ether oxygens (including phenoxy) is 2. The fourth-order valence-corrected chi connectivity index (χ4v) is 2.36. The molecule has 9 nitrogen and oxygen atoms in total. The maximum Gasteiger partial charge on any atom is 0.328 e. The number of nitrogens with zero attached hydrogens (tertiary/aromatic N) is 1. The van der Waals surface area contributed by atoms with E-state index in [4.69, 9.17) is 18.4 Å². The van der Waals surface area contributed by atoms with E-state index < -0.39 is 27.2 Å². The number of hydrogen-bond donors (Lipinski definition) is 2. The van der Waals surface area contributed by atoms with Gasteiger partial charge in [0.15, 0.2) is 11.5 Å². The lowest BCUT2D eigenvalue weighted by atomic mass is 10.2. The summed E-state index contributed by atoms with van der Waals surface area (Å²) < 4.78 is 46.2. The molecule has 1 amide bonds. The molecular weight excluding hydrogens is 340 g/mol. The summed E-state index contributed by atoms with van der Waals surface area (Å²) >= 11 is 0. The van der Waals surface area contributed by atoms with Gasteiger partial charge in [-0.25, -0.2) is 5.43 Å². The van der Waals surface area contributed by atoms with Crippen LogP contribution in [0.25, 0.3) is 0 Å². The van der Waals surface area contributed by atoms with Crippen LogP contribution in [-0.4, -0.2) is 37.8 Å². The topological polar surface area (TPSA) is 127 Å². The van der Waals surface area contributed by atoms with Crippen molar-refractivity contribution in [2.45, 2.75) is 11.2 Å². The molecule has 0 aliphatic carbocycles. The fraction of sp³-hybridized carbons (Fsp3) is 0.143. The van der Waals surface area contributed by atoms with Gasteiger partial charge < -0.3 is 13.9 Å². The molecule has 0 saturated carbocycles. The summed E-state index contributed by atoms with van der Waals surface area (Å²) in [7, 11) is -4.42. The van der Waals surface area contributed by atoms with Gasteiger partial charge in [0, 0.05) is 0 Å². The van der Waals surface area contributed by atoms with E-state index in [1.54, 1.807) is 24.3 Å². The van der Waals surface area contributed by atoms with Crippen molar-refractivity contribution in [3.63, 3.8) is 0 Å². The Hall–Kier alpha value is -2.85. The first-order chi connectivity index (χ1) is 11.4. The Balaban J connectivity index is 1.59. The Morgan fingerprint density at radius 3 is 2.71 bits per heavy atom. The first-order valence-corrected chi connectivity index (χ1v) is 8.16. The highest BCUT2D eigenvalue weighted by Crippen LogP contribution is 2.30. The second-order valence-electron chi connectivity index (χ2n) is 4.73. The third-order valence-corrected chi connectivity index (χ3v) is 3.75. The van der Waals surface area contributed by atoms with Crippen molar-refractivity contribution in [1.29, 1.82) is 0 Å². The zero-order chi connectivity index (χ0) is 17.2. The van der Waals surface area contributed by atoms with Crippen LogP contribution in [0.5, 0.6) is 11.5 Å². The monoisotopic (exact) mass is 352 g/mol. The van der Waals surface area contributed by atoms with Crippen LogP contribution >= 0.6 is 0 Å². The van der Waals surface area contributed by atoms with Gasteiger partial charge in [-0.15, -0.1) is 0 Å². The van der Waals surface area contributed by atoms with Crippen molar-refractivity contribution >= 4 is 22.2 Å². The Morgan fingerprint density at radius 2 is 2.00 bits per heavy atom. The molecule has 1 atom stereocenters. The molecule has 0 fully saturated rings. The molecule has 0 saturated heterocycles. The molecule has 2 N–H and O–H groups in total. The Morgan fingerprint density at radius 1 is 1.25 bits per heavy atom. The molecule has 1 aromatic carbocycles. The number of carbonyl (C=O) groups excluding carboxylic acids is 1. The van der Waals surface area contributed by atoms with Crippen molar-refractivity contribution in [2.75, 3.05) is 6.61 Å². The van der Waals surface area contributed by atoms with Crippen molar-refractivity contribution in [1.82, 2.24) is 5.43 Å². The zero-order valence-corrected chi connectivity index (χ0v) is 12.9. The van der Waals surface area contributed by atoms with E-state index in [1.165, 1.54) is 6.07 Å². The predicted molar refractivity (Wildman–Crippen MR) is 80.6 cm³/mol. The van der Waals surface area contributed by atoms with Crippen LogP contribution < -0.4 is 14.9 Å². The van der Waals surface area contributed by atoms with E-state index in [0.29, 0.717) is 11.5 Å². The van der Waals surface area contributed by atoms with Crippen LogP contribution in [0.4, 0.5) is 0 Å². The maximum absolute atomic E-state index is 12.0. The van der Waals surface area contributed by atoms with E-state index in [2.05, 4.69) is 10.5 Å².